The van der Waals surface area contributed by atoms with Crippen molar-refractivity contribution in [1.29, 1.82) is 0 Å². The first-order valence-corrected chi connectivity index (χ1v) is 7.88. The normalized spacial score (nSPS) is 14.1. The number of hydrogen-bond acceptors (Lipinski definition) is 4. The van der Waals surface area contributed by atoms with Crippen molar-refractivity contribution in [2.75, 3.05) is 7.11 Å². The molecule has 0 fully saturated rings. The zero-order chi connectivity index (χ0) is 14.6. The Bertz CT molecular complexity index is 399. The third-order valence-electron chi connectivity index (χ3n) is 3.33. The zero-order valence-corrected chi connectivity index (χ0v) is 14.1. The van der Waals surface area contributed by atoms with Crippen molar-refractivity contribution in [2.45, 2.75) is 72.1 Å². The van der Waals surface area contributed by atoms with Gasteiger partial charge in [-0.15, -0.1) is 11.3 Å². The molecule has 3 nitrogen and oxygen atoms in total. The van der Waals surface area contributed by atoms with Crippen molar-refractivity contribution in [3.8, 4) is 0 Å². The fraction of sp³-hybridized carbons (Fsp3) is 0.800. The highest BCUT2D eigenvalue weighted by Crippen LogP contribution is 2.30. The first-order valence-electron chi connectivity index (χ1n) is 7.06. The van der Waals surface area contributed by atoms with Crippen LogP contribution in [0.3, 0.4) is 0 Å². The molecule has 0 radical (unpaired) electrons. The van der Waals surface area contributed by atoms with Crippen molar-refractivity contribution >= 4 is 11.3 Å². The van der Waals surface area contributed by atoms with E-state index in [4.69, 9.17) is 9.72 Å². The smallest absolute Gasteiger partial charge is 0.110 e. The van der Waals surface area contributed by atoms with Gasteiger partial charge in [-0.25, -0.2) is 4.98 Å². The third-order valence-corrected chi connectivity index (χ3v) is 4.45. The lowest BCUT2D eigenvalue weighted by Crippen LogP contribution is -2.35. The van der Waals surface area contributed by atoms with Crippen LogP contribution in [0.1, 0.15) is 62.7 Å². The minimum atomic E-state index is -0.140. The number of ether oxygens (including phenoxy) is 1. The average Bonchev–Trinajstić information content (AvgIpc) is 2.69. The highest BCUT2D eigenvalue weighted by Gasteiger charge is 2.27. The van der Waals surface area contributed by atoms with Crippen molar-refractivity contribution in [3.05, 3.63) is 15.6 Å². The van der Waals surface area contributed by atoms with Crippen LogP contribution >= 0.6 is 11.3 Å². The second-order valence-corrected chi connectivity index (χ2v) is 7.19. The molecule has 0 amide bonds. The van der Waals surface area contributed by atoms with Crippen molar-refractivity contribution in [2.24, 2.45) is 0 Å². The van der Waals surface area contributed by atoms with Gasteiger partial charge in [-0.05, 0) is 33.6 Å². The lowest BCUT2D eigenvalue weighted by molar-refractivity contribution is 0.00614. The van der Waals surface area contributed by atoms with E-state index in [0.29, 0.717) is 6.04 Å². The quantitative estimate of drug-likeness (QED) is 0.825. The molecule has 0 aliphatic rings. The van der Waals surface area contributed by atoms with Gasteiger partial charge in [0, 0.05) is 18.0 Å². The van der Waals surface area contributed by atoms with E-state index in [-0.39, 0.29) is 11.6 Å². The van der Waals surface area contributed by atoms with Gasteiger partial charge in [0.2, 0.25) is 0 Å². The Kier molecular flexibility index (Phi) is 5.96. The molecule has 0 aliphatic heterocycles. The van der Waals surface area contributed by atoms with Gasteiger partial charge < -0.3 is 10.1 Å². The molecule has 1 unspecified atom stereocenters. The summed E-state index contributed by atoms with van der Waals surface area (Å²) in [5.41, 5.74) is 1.09. The van der Waals surface area contributed by atoms with Gasteiger partial charge in [-0.2, -0.15) is 0 Å². The molecule has 0 spiro atoms. The van der Waals surface area contributed by atoms with Crippen LogP contribution in [0.4, 0.5) is 0 Å². The van der Waals surface area contributed by atoms with Crippen LogP contribution in [0.2, 0.25) is 0 Å². The van der Waals surface area contributed by atoms with E-state index >= 15 is 0 Å². The van der Waals surface area contributed by atoms with E-state index in [9.17, 15) is 0 Å². The largest absolute Gasteiger partial charge is 0.379 e. The molecule has 0 saturated carbocycles. The zero-order valence-electron chi connectivity index (χ0n) is 13.3. The Balaban J connectivity index is 2.95. The molecule has 1 heterocycles. The summed E-state index contributed by atoms with van der Waals surface area (Å²) >= 11 is 1.81. The topological polar surface area (TPSA) is 34.1 Å². The molecule has 110 valence electrons. The van der Waals surface area contributed by atoms with Gasteiger partial charge in [0.1, 0.15) is 5.01 Å². The Morgan fingerprint density at radius 3 is 2.42 bits per heavy atom. The molecular weight excluding hydrogens is 256 g/mol. The standard InChI is InChI=1S/C15H28N2OS/c1-8-12-11(4)19-14(17-12)13(16-10(2)3)9-15(5,6)18-7/h10,13,16H,8-9H2,1-7H3. The first-order chi connectivity index (χ1) is 8.79. The molecular formula is C15H28N2OS. The van der Waals surface area contributed by atoms with Crippen LogP contribution in [0, 0.1) is 6.92 Å². The van der Waals surface area contributed by atoms with Gasteiger partial charge >= 0.3 is 0 Å². The maximum atomic E-state index is 5.57. The molecule has 0 aromatic carbocycles. The third kappa shape index (κ3) is 4.86. The van der Waals surface area contributed by atoms with Crippen LogP contribution in [0.25, 0.3) is 0 Å². The van der Waals surface area contributed by atoms with E-state index < -0.39 is 0 Å². The van der Waals surface area contributed by atoms with Crippen LogP contribution in [-0.4, -0.2) is 23.7 Å². The van der Waals surface area contributed by atoms with Gasteiger partial charge in [0.25, 0.3) is 0 Å². The Hall–Kier alpha value is -0.450. The lowest BCUT2D eigenvalue weighted by Gasteiger charge is -2.29. The van der Waals surface area contributed by atoms with Gasteiger partial charge in [-0.1, -0.05) is 20.8 Å². The van der Waals surface area contributed by atoms with Crippen molar-refractivity contribution < 1.29 is 4.74 Å². The predicted molar refractivity (Wildman–Crippen MR) is 82.9 cm³/mol. The molecule has 19 heavy (non-hydrogen) atoms. The highest BCUT2D eigenvalue weighted by atomic mass is 32.1. The van der Waals surface area contributed by atoms with Gasteiger partial charge in [0.15, 0.2) is 0 Å². The number of methoxy groups -OCH3 is 1. The van der Waals surface area contributed by atoms with Crippen molar-refractivity contribution in [1.82, 2.24) is 10.3 Å². The second-order valence-electron chi connectivity index (χ2n) is 5.95. The fourth-order valence-corrected chi connectivity index (χ4v) is 3.19. The summed E-state index contributed by atoms with van der Waals surface area (Å²) in [6, 6.07) is 0.700. The Labute approximate surface area is 121 Å². The number of rotatable bonds is 7. The van der Waals surface area contributed by atoms with Gasteiger partial charge in [0.05, 0.1) is 17.3 Å². The van der Waals surface area contributed by atoms with Crippen LogP contribution in [0.15, 0.2) is 0 Å². The Morgan fingerprint density at radius 1 is 1.37 bits per heavy atom. The van der Waals surface area contributed by atoms with E-state index in [2.05, 4.69) is 46.9 Å². The Morgan fingerprint density at radius 2 is 2.00 bits per heavy atom. The number of aromatic nitrogens is 1. The summed E-state index contributed by atoms with van der Waals surface area (Å²) in [5, 5.41) is 4.81. The molecule has 1 aromatic rings. The van der Waals surface area contributed by atoms with Crippen LogP contribution in [0.5, 0.6) is 0 Å². The molecule has 0 aliphatic carbocycles. The van der Waals surface area contributed by atoms with Crippen molar-refractivity contribution in [3.63, 3.8) is 0 Å². The maximum Gasteiger partial charge on any atom is 0.110 e. The molecule has 1 atom stereocenters. The second kappa shape index (κ2) is 6.82. The summed E-state index contributed by atoms with van der Waals surface area (Å²) in [7, 11) is 1.77. The van der Waals surface area contributed by atoms with E-state index in [1.165, 1.54) is 15.6 Å². The number of hydrogen-bond donors (Lipinski definition) is 1. The molecule has 1 aromatic heterocycles. The average molecular weight is 284 g/mol. The number of nitrogens with one attached hydrogen (secondary N) is 1. The fourth-order valence-electron chi connectivity index (χ4n) is 2.12. The van der Waals surface area contributed by atoms with Gasteiger partial charge in [-0.3, -0.25) is 0 Å². The minimum Gasteiger partial charge on any atom is -0.379 e. The first kappa shape index (κ1) is 16.6. The van der Waals surface area contributed by atoms with E-state index in [1.54, 1.807) is 7.11 Å². The SMILES string of the molecule is CCc1nc(C(CC(C)(C)OC)NC(C)C)sc1C. The highest BCUT2D eigenvalue weighted by molar-refractivity contribution is 7.11. The summed E-state index contributed by atoms with van der Waals surface area (Å²) < 4.78 is 5.57. The minimum absolute atomic E-state index is 0.140. The molecule has 0 saturated heterocycles. The monoisotopic (exact) mass is 284 g/mol. The maximum absolute atomic E-state index is 5.57. The predicted octanol–water partition coefficient (Wildman–Crippen LogP) is 3.87. The molecule has 0 bridgehead atoms. The molecule has 1 N–H and O–H groups in total. The summed E-state index contributed by atoms with van der Waals surface area (Å²) in [6.45, 7) is 12.9. The number of aryl methyl sites for hydroxylation is 2. The van der Waals surface area contributed by atoms with E-state index in [1.807, 2.05) is 11.3 Å². The molecule has 4 heteroatoms. The van der Waals surface area contributed by atoms with Crippen LogP contribution < -0.4 is 5.32 Å². The summed E-state index contributed by atoms with van der Waals surface area (Å²) in [4.78, 5) is 6.14. The lowest BCUT2D eigenvalue weighted by atomic mass is 9.98. The summed E-state index contributed by atoms with van der Waals surface area (Å²) in [6.07, 6.45) is 1.93. The number of nitrogens with zero attached hydrogens (tertiary/aromatic N) is 1. The summed E-state index contributed by atoms with van der Waals surface area (Å²) in [5.74, 6) is 0. The molecule has 1 rings (SSSR count). The van der Waals surface area contributed by atoms with E-state index in [0.717, 1.165) is 12.8 Å². The number of thiazole rings is 1. The van der Waals surface area contributed by atoms with Crippen LogP contribution in [-0.2, 0) is 11.2 Å².